The van der Waals surface area contributed by atoms with Crippen LogP contribution in [0.15, 0.2) is 72.8 Å². The van der Waals surface area contributed by atoms with Gasteiger partial charge in [0, 0.05) is 11.6 Å². The number of hydrogen-bond donors (Lipinski definition) is 1. The standard InChI is InChI=1S/C23H19NO4/c1-27-22(25)15-7-6-8-16(13-15)24-23(26)28-14-21-19-11-4-2-9-17(19)18-10-3-5-12-20(18)21/h2-13,21H,14H2,1H3,(H,24,26). The quantitative estimate of drug-likeness (QED) is 0.665. The van der Waals surface area contributed by atoms with Crippen LogP contribution in [0.4, 0.5) is 10.5 Å². The van der Waals surface area contributed by atoms with Crippen molar-refractivity contribution in [2.45, 2.75) is 5.92 Å². The van der Waals surface area contributed by atoms with E-state index >= 15 is 0 Å². The number of nitrogens with one attached hydrogen (secondary N) is 1. The molecule has 0 aliphatic heterocycles. The van der Waals surface area contributed by atoms with Crippen LogP contribution in [-0.2, 0) is 9.47 Å². The van der Waals surface area contributed by atoms with Crippen LogP contribution in [0.25, 0.3) is 11.1 Å². The molecule has 0 radical (unpaired) electrons. The maximum absolute atomic E-state index is 12.3. The lowest BCUT2D eigenvalue weighted by molar-refractivity contribution is 0.0600. The maximum atomic E-state index is 12.3. The Morgan fingerprint density at radius 1 is 0.893 bits per heavy atom. The zero-order chi connectivity index (χ0) is 19.5. The molecule has 3 aromatic carbocycles. The van der Waals surface area contributed by atoms with Gasteiger partial charge in [-0.3, -0.25) is 5.32 Å². The molecule has 0 heterocycles. The van der Waals surface area contributed by atoms with E-state index in [1.165, 1.54) is 18.2 Å². The van der Waals surface area contributed by atoms with Crippen LogP contribution in [0.2, 0.25) is 0 Å². The van der Waals surface area contributed by atoms with E-state index in [1.54, 1.807) is 24.3 Å². The first-order valence-corrected chi connectivity index (χ1v) is 8.98. The first-order valence-electron chi connectivity index (χ1n) is 8.98. The minimum Gasteiger partial charge on any atom is -0.465 e. The number of esters is 1. The number of ether oxygens (including phenoxy) is 2. The summed E-state index contributed by atoms with van der Waals surface area (Å²) >= 11 is 0. The Balaban J connectivity index is 1.47. The highest BCUT2D eigenvalue weighted by Gasteiger charge is 2.29. The van der Waals surface area contributed by atoms with E-state index in [9.17, 15) is 9.59 Å². The van der Waals surface area contributed by atoms with Crippen molar-refractivity contribution < 1.29 is 19.1 Å². The Morgan fingerprint density at radius 3 is 2.18 bits per heavy atom. The van der Waals surface area contributed by atoms with Crippen molar-refractivity contribution in [3.63, 3.8) is 0 Å². The topological polar surface area (TPSA) is 64.6 Å². The molecule has 0 fully saturated rings. The summed E-state index contributed by atoms with van der Waals surface area (Å²) in [6.45, 7) is 0.233. The minimum absolute atomic E-state index is 0.000413. The third-order valence-electron chi connectivity index (χ3n) is 4.87. The summed E-state index contributed by atoms with van der Waals surface area (Å²) in [6.07, 6.45) is -0.566. The van der Waals surface area contributed by atoms with Crippen LogP contribution >= 0.6 is 0 Å². The molecule has 0 saturated heterocycles. The Hall–Kier alpha value is -3.60. The number of benzene rings is 3. The second-order valence-electron chi connectivity index (χ2n) is 6.52. The predicted molar refractivity (Wildman–Crippen MR) is 106 cm³/mol. The Labute approximate surface area is 162 Å². The number of fused-ring (bicyclic) bond motifs is 3. The fourth-order valence-electron chi connectivity index (χ4n) is 3.59. The zero-order valence-electron chi connectivity index (χ0n) is 15.3. The van der Waals surface area contributed by atoms with E-state index in [0.29, 0.717) is 11.3 Å². The summed E-state index contributed by atoms with van der Waals surface area (Å²) in [5.74, 6) is -0.462. The van der Waals surface area contributed by atoms with Crippen LogP contribution < -0.4 is 5.32 Å². The summed E-state index contributed by atoms with van der Waals surface area (Å²) in [4.78, 5) is 23.9. The van der Waals surface area contributed by atoms with Crippen LogP contribution in [0.5, 0.6) is 0 Å². The summed E-state index contributed by atoms with van der Waals surface area (Å²) < 4.78 is 10.2. The van der Waals surface area contributed by atoms with E-state index in [4.69, 9.17) is 9.47 Å². The van der Waals surface area contributed by atoms with Crippen molar-refractivity contribution in [1.82, 2.24) is 0 Å². The van der Waals surface area contributed by atoms with Gasteiger partial charge in [0.05, 0.1) is 12.7 Å². The molecule has 28 heavy (non-hydrogen) atoms. The van der Waals surface area contributed by atoms with Gasteiger partial charge in [-0.2, -0.15) is 0 Å². The van der Waals surface area contributed by atoms with Crippen molar-refractivity contribution in [1.29, 1.82) is 0 Å². The molecule has 1 aliphatic carbocycles. The van der Waals surface area contributed by atoms with Gasteiger partial charge >= 0.3 is 12.1 Å². The molecule has 4 rings (SSSR count). The van der Waals surface area contributed by atoms with E-state index < -0.39 is 12.1 Å². The number of hydrogen-bond acceptors (Lipinski definition) is 4. The maximum Gasteiger partial charge on any atom is 0.411 e. The summed E-state index contributed by atoms with van der Waals surface area (Å²) in [6, 6.07) is 22.9. The highest BCUT2D eigenvalue weighted by Crippen LogP contribution is 2.44. The monoisotopic (exact) mass is 373 g/mol. The van der Waals surface area contributed by atoms with Crippen molar-refractivity contribution in [2.75, 3.05) is 19.0 Å². The average molecular weight is 373 g/mol. The van der Waals surface area contributed by atoms with Gasteiger partial charge in [-0.05, 0) is 40.5 Å². The van der Waals surface area contributed by atoms with Crippen LogP contribution in [0.1, 0.15) is 27.4 Å². The van der Waals surface area contributed by atoms with E-state index in [-0.39, 0.29) is 12.5 Å². The van der Waals surface area contributed by atoms with Gasteiger partial charge in [0.2, 0.25) is 0 Å². The molecule has 0 bridgehead atoms. The number of carbonyl (C=O) groups excluding carboxylic acids is 2. The number of rotatable bonds is 4. The molecule has 5 nitrogen and oxygen atoms in total. The molecule has 0 saturated carbocycles. The fraction of sp³-hybridized carbons (Fsp3) is 0.130. The van der Waals surface area contributed by atoms with E-state index in [1.807, 2.05) is 24.3 Å². The largest absolute Gasteiger partial charge is 0.465 e. The van der Waals surface area contributed by atoms with E-state index in [2.05, 4.69) is 29.6 Å². The van der Waals surface area contributed by atoms with Gasteiger partial charge in [-0.25, -0.2) is 9.59 Å². The summed E-state index contributed by atoms with van der Waals surface area (Å²) in [7, 11) is 1.31. The number of methoxy groups -OCH3 is 1. The number of carbonyl (C=O) groups is 2. The van der Waals surface area contributed by atoms with Gasteiger partial charge < -0.3 is 9.47 Å². The van der Waals surface area contributed by atoms with Crippen molar-refractivity contribution in [3.05, 3.63) is 89.5 Å². The van der Waals surface area contributed by atoms with Crippen LogP contribution in [0, 0.1) is 0 Å². The van der Waals surface area contributed by atoms with Crippen LogP contribution in [0.3, 0.4) is 0 Å². The first-order chi connectivity index (χ1) is 13.7. The van der Waals surface area contributed by atoms with Gasteiger partial charge in [0.25, 0.3) is 0 Å². The Bertz CT molecular complexity index is 999. The molecular weight excluding hydrogens is 354 g/mol. The lowest BCUT2D eigenvalue weighted by Crippen LogP contribution is -2.18. The van der Waals surface area contributed by atoms with Crippen LogP contribution in [-0.4, -0.2) is 25.8 Å². The fourth-order valence-corrected chi connectivity index (χ4v) is 3.59. The molecule has 0 atom stereocenters. The van der Waals surface area contributed by atoms with Gasteiger partial charge in [-0.15, -0.1) is 0 Å². The predicted octanol–water partition coefficient (Wildman–Crippen LogP) is 4.83. The molecule has 0 aromatic heterocycles. The SMILES string of the molecule is COC(=O)c1cccc(NC(=O)OCC2c3ccccc3-c3ccccc32)c1. The molecular formula is C23H19NO4. The molecule has 1 aliphatic rings. The van der Waals surface area contributed by atoms with Gasteiger partial charge in [0.15, 0.2) is 0 Å². The molecule has 140 valence electrons. The third-order valence-corrected chi connectivity index (χ3v) is 4.87. The van der Waals surface area contributed by atoms with Crippen molar-refractivity contribution in [2.24, 2.45) is 0 Å². The number of anilines is 1. The second-order valence-corrected chi connectivity index (χ2v) is 6.52. The molecule has 1 N–H and O–H groups in total. The van der Waals surface area contributed by atoms with Gasteiger partial charge in [0.1, 0.15) is 6.61 Å². The Kier molecular flexibility index (Phi) is 4.81. The Morgan fingerprint density at radius 2 is 1.54 bits per heavy atom. The van der Waals surface area contributed by atoms with E-state index in [0.717, 1.165) is 11.1 Å². The first kappa shape index (κ1) is 17.8. The molecule has 0 spiro atoms. The molecule has 5 heteroatoms. The minimum atomic E-state index is -0.566. The smallest absolute Gasteiger partial charge is 0.411 e. The lowest BCUT2D eigenvalue weighted by atomic mass is 9.98. The third kappa shape index (κ3) is 3.34. The summed E-state index contributed by atoms with van der Waals surface area (Å²) in [5.41, 5.74) is 5.50. The average Bonchev–Trinajstić information content (AvgIpc) is 3.06. The lowest BCUT2D eigenvalue weighted by Gasteiger charge is -2.14. The highest BCUT2D eigenvalue weighted by molar-refractivity contribution is 5.92. The second kappa shape index (κ2) is 7.56. The molecule has 3 aromatic rings. The highest BCUT2D eigenvalue weighted by atomic mass is 16.5. The number of amides is 1. The van der Waals surface area contributed by atoms with Gasteiger partial charge in [-0.1, -0.05) is 54.6 Å². The molecule has 1 amide bonds. The normalized spacial score (nSPS) is 12.0. The zero-order valence-corrected chi connectivity index (χ0v) is 15.3. The molecule has 0 unspecified atom stereocenters. The van der Waals surface area contributed by atoms with Crippen molar-refractivity contribution in [3.8, 4) is 11.1 Å². The summed E-state index contributed by atoms with van der Waals surface area (Å²) in [5, 5.41) is 2.66. The van der Waals surface area contributed by atoms with Crippen molar-refractivity contribution >= 4 is 17.7 Å².